The minimum absolute atomic E-state index is 0.300. The zero-order valence-corrected chi connectivity index (χ0v) is 13.4. The molecule has 0 saturated carbocycles. The summed E-state index contributed by atoms with van der Waals surface area (Å²) in [6, 6.07) is 10.5. The Bertz CT molecular complexity index is 657. The van der Waals surface area contributed by atoms with Crippen molar-refractivity contribution >= 4 is 26.0 Å². The minimum atomic E-state index is -3.47. The van der Waals surface area contributed by atoms with Crippen LogP contribution in [-0.4, -0.2) is 24.8 Å². The van der Waals surface area contributed by atoms with Crippen LogP contribution in [-0.2, 0) is 21.9 Å². The topological polar surface area (TPSA) is 50.3 Å². The molecular formula is C14H15BrN2O2S. The van der Waals surface area contributed by atoms with Gasteiger partial charge in [0.1, 0.15) is 0 Å². The first-order chi connectivity index (χ1) is 9.54. The Morgan fingerprint density at radius 2 is 1.85 bits per heavy atom. The van der Waals surface area contributed by atoms with Crippen molar-refractivity contribution in [3.05, 3.63) is 59.9 Å². The molecule has 2 rings (SSSR count). The minimum Gasteiger partial charge on any atom is -0.264 e. The molecule has 1 aromatic heterocycles. The predicted molar refractivity (Wildman–Crippen MR) is 82.0 cm³/mol. The van der Waals surface area contributed by atoms with E-state index in [-0.39, 0.29) is 0 Å². The van der Waals surface area contributed by atoms with Crippen molar-refractivity contribution in [3.8, 4) is 0 Å². The van der Waals surface area contributed by atoms with Gasteiger partial charge in [0.05, 0.1) is 4.90 Å². The summed E-state index contributed by atoms with van der Waals surface area (Å²) < 4.78 is 26.2. The van der Waals surface area contributed by atoms with Gasteiger partial charge in [0.2, 0.25) is 10.0 Å². The maximum atomic E-state index is 12.4. The molecule has 20 heavy (non-hydrogen) atoms. The second-order valence-electron chi connectivity index (χ2n) is 4.40. The zero-order valence-electron chi connectivity index (χ0n) is 11.0. The summed E-state index contributed by atoms with van der Waals surface area (Å²) in [6.45, 7) is 0.302. The third-order valence-electron chi connectivity index (χ3n) is 2.91. The van der Waals surface area contributed by atoms with Crippen LogP contribution in [0.4, 0.5) is 0 Å². The van der Waals surface area contributed by atoms with Crippen LogP contribution in [0.25, 0.3) is 0 Å². The van der Waals surface area contributed by atoms with Crippen LogP contribution < -0.4 is 0 Å². The van der Waals surface area contributed by atoms with Crippen molar-refractivity contribution in [3.63, 3.8) is 0 Å². The fourth-order valence-corrected chi connectivity index (χ4v) is 3.30. The molecule has 1 aromatic carbocycles. The zero-order chi connectivity index (χ0) is 14.6. The van der Waals surface area contributed by atoms with Crippen LogP contribution in [0.2, 0.25) is 0 Å². The molecule has 0 aliphatic heterocycles. The molecule has 0 bridgehead atoms. The van der Waals surface area contributed by atoms with E-state index in [2.05, 4.69) is 20.9 Å². The molecule has 0 aliphatic carbocycles. The quantitative estimate of drug-likeness (QED) is 0.775. The Hall–Kier alpha value is -1.24. The fraction of sp³-hybridized carbons (Fsp3) is 0.214. The number of nitrogens with zero attached hydrogens (tertiary/aromatic N) is 2. The van der Waals surface area contributed by atoms with E-state index in [0.29, 0.717) is 16.8 Å². The summed E-state index contributed by atoms with van der Waals surface area (Å²) in [5.74, 6) is 0. The largest absolute Gasteiger partial charge is 0.264 e. The van der Waals surface area contributed by atoms with Crippen molar-refractivity contribution in [1.29, 1.82) is 0 Å². The molecule has 0 atom stereocenters. The van der Waals surface area contributed by atoms with Crippen molar-refractivity contribution in [2.24, 2.45) is 0 Å². The van der Waals surface area contributed by atoms with Gasteiger partial charge in [-0.15, -0.1) is 0 Å². The Labute approximate surface area is 127 Å². The van der Waals surface area contributed by atoms with Gasteiger partial charge in [-0.1, -0.05) is 34.1 Å². The molecule has 0 aliphatic rings. The average molecular weight is 355 g/mol. The summed E-state index contributed by atoms with van der Waals surface area (Å²) in [5, 5.41) is 0.707. The highest BCUT2D eigenvalue weighted by Crippen LogP contribution is 2.18. The van der Waals surface area contributed by atoms with Crippen molar-refractivity contribution < 1.29 is 8.42 Å². The molecule has 0 spiro atoms. The van der Waals surface area contributed by atoms with Crippen LogP contribution in [0.1, 0.15) is 11.1 Å². The lowest BCUT2D eigenvalue weighted by Crippen LogP contribution is -2.26. The number of pyridine rings is 1. The molecule has 0 radical (unpaired) electrons. The van der Waals surface area contributed by atoms with Gasteiger partial charge in [0.15, 0.2) is 0 Å². The van der Waals surface area contributed by atoms with E-state index in [9.17, 15) is 8.42 Å². The van der Waals surface area contributed by atoms with E-state index in [1.807, 2.05) is 6.07 Å². The van der Waals surface area contributed by atoms with E-state index < -0.39 is 10.0 Å². The molecule has 0 fully saturated rings. The Morgan fingerprint density at radius 1 is 1.15 bits per heavy atom. The molecule has 1 heterocycles. The average Bonchev–Trinajstić information content (AvgIpc) is 2.48. The van der Waals surface area contributed by atoms with Gasteiger partial charge in [-0.05, 0) is 29.3 Å². The summed E-state index contributed by atoms with van der Waals surface area (Å²) in [6.07, 6.45) is 3.33. The summed E-state index contributed by atoms with van der Waals surface area (Å²) in [4.78, 5) is 4.29. The first-order valence-electron chi connectivity index (χ1n) is 6.04. The molecule has 6 heteroatoms. The molecule has 2 aromatic rings. The fourth-order valence-electron chi connectivity index (χ4n) is 1.76. The van der Waals surface area contributed by atoms with Crippen LogP contribution in [0.3, 0.4) is 0 Å². The van der Waals surface area contributed by atoms with Gasteiger partial charge in [0.25, 0.3) is 0 Å². The molecular weight excluding hydrogens is 340 g/mol. The van der Waals surface area contributed by atoms with E-state index in [1.165, 1.54) is 4.31 Å². The van der Waals surface area contributed by atoms with Crippen molar-refractivity contribution in [2.75, 3.05) is 7.05 Å². The molecule has 0 saturated heterocycles. The number of hydrogen-bond donors (Lipinski definition) is 0. The summed E-state index contributed by atoms with van der Waals surface area (Å²) >= 11 is 3.34. The van der Waals surface area contributed by atoms with Crippen LogP contribution in [0, 0.1) is 0 Å². The second-order valence-corrected chi connectivity index (χ2v) is 7.01. The van der Waals surface area contributed by atoms with Gasteiger partial charge in [0, 0.05) is 31.3 Å². The van der Waals surface area contributed by atoms with Crippen LogP contribution >= 0.6 is 15.9 Å². The normalized spacial score (nSPS) is 11.8. The van der Waals surface area contributed by atoms with Gasteiger partial charge >= 0.3 is 0 Å². The van der Waals surface area contributed by atoms with Gasteiger partial charge in [-0.3, -0.25) is 4.98 Å². The van der Waals surface area contributed by atoms with Crippen molar-refractivity contribution in [2.45, 2.75) is 16.8 Å². The monoisotopic (exact) mass is 354 g/mol. The molecule has 4 nitrogen and oxygen atoms in total. The lowest BCUT2D eigenvalue weighted by molar-refractivity contribution is 0.466. The number of rotatable bonds is 5. The molecule has 0 unspecified atom stereocenters. The van der Waals surface area contributed by atoms with E-state index in [4.69, 9.17) is 0 Å². The smallest absolute Gasteiger partial charge is 0.243 e. The first kappa shape index (κ1) is 15.2. The van der Waals surface area contributed by atoms with Gasteiger partial charge in [-0.25, -0.2) is 8.42 Å². The number of halogens is 1. The summed E-state index contributed by atoms with van der Waals surface area (Å²) in [7, 11) is -1.90. The maximum absolute atomic E-state index is 12.4. The maximum Gasteiger partial charge on any atom is 0.243 e. The van der Waals surface area contributed by atoms with Gasteiger partial charge in [-0.2, -0.15) is 4.31 Å². The number of hydrogen-bond acceptors (Lipinski definition) is 3. The number of aromatic nitrogens is 1. The third kappa shape index (κ3) is 3.45. The first-order valence-corrected chi connectivity index (χ1v) is 8.60. The Morgan fingerprint density at radius 3 is 2.40 bits per heavy atom. The Balaban J connectivity index is 2.20. The molecule has 0 N–H and O–H groups in total. The van der Waals surface area contributed by atoms with Crippen molar-refractivity contribution in [1.82, 2.24) is 9.29 Å². The highest BCUT2D eigenvalue weighted by molar-refractivity contribution is 9.08. The van der Waals surface area contributed by atoms with E-state index >= 15 is 0 Å². The lowest BCUT2D eigenvalue weighted by atomic mass is 10.2. The van der Waals surface area contributed by atoms with Gasteiger partial charge < -0.3 is 0 Å². The Kier molecular flexibility index (Phi) is 4.91. The number of sulfonamides is 1. The van der Waals surface area contributed by atoms with Crippen LogP contribution in [0.5, 0.6) is 0 Å². The highest BCUT2D eigenvalue weighted by Gasteiger charge is 2.20. The SMILES string of the molecule is CN(Cc1cccnc1)S(=O)(=O)c1ccc(CBr)cc1. The molecule has 106 valence electrons. The predicted octanol–water partition coefficient (Wildman–Crippen LogP) is 2.80. The summed E-state index contributed by atoms with van der Waals surface area (Å²) in [5.41, 5.74) is 1.90. The standard InChI is InChI=1S/C14H15BrN2O2S/c1-17(11-13-3-2-8-16-10-13)20(18,19)14-6-4-12(9-15)5-7-14/h2-8,10H,9,11H2,1H3. The number of alkyl halides is 1. The van der Waals surface area contributed by atoms with E-state index in [0.717, 1.165) is 11.1 Å². The molecule has 0 amide bonds. The second kappa shape index (κ2) is 6.47. The highest BCUT2D eigenvalue weighted by atomic mass is 79.9. The third-order valence-corrected chi connectivity index (χ3v) is 5.38. The lowest BCUT2D eigenvalue weighted by Gasteiger charge is -2.17. The van der Waals surface area contributed by atoms with E-state index in [1.54, 1.807) is 49.8 Å². The van der Waals surface area contributed by atoms with Crippen LogP contribution in [0.15, 0.2) is 53.7 Å². The number of benzene rings is 1.